The second kappa shape index (κ2) is 11.9. The maximum absolute atomic E-state index is 12.8. The van der Waals surface area contributed by atoms with Crippen LogP contribution >= 0.6 is 11.3 Å². The number of anilines is 1. The Hall–Kier alpha value is -3.99. The van der Waals surface area contributed by atoms with Gasteiger partial charge in [0.2, 0.25) is 5.95 Å². The summed E-state index contributed by atoms with van der Waals surface area (Å²) in [7, 11) is 0. The molecule has 0 aliphatic heterocycles. The number of hydrogen-bond donors (Lipinski definition) is 5. The summed E-state index contributed by atoms with van der Waals surface area (Å²) in [5.74, 6) is -1.70. The lowest BCUT2D eigenvalue weighted by Gasteiger charge is -2.17. The van der Waals surface area contributed by atoms with Crippen LogP contribution in [-0.4, -0.2) is 57.1 Å². The van der Waals surface area contributed by atoms with Crippen LogP contribution in [0.25, 0.3) is 0 Å². The van der Waals surface area contributed by atoms with Crippen LogP contribution in [0.1, 0.15) is 43.4 Å². The molecule has 11 heteroatoms. The van der Waals surface area contributed by atoms with E-state index in [4.69, 9.17) is 0 Å². The SMILES string of the molecule is Cc1nc(NCCCc2ccccc2O)nc(C)c1C(=O)N[C@@H](CNC(=O)c1cccs1)C(=O)O. The van der Waals surface area contributed by atoms with Gasteiger partial charge in [-0.05, 0) is 49.8 Å². The van der Waals surface area contributed by atoms with E-state index in [1.165, 1.54) is 11.3 Å². The summed E-state index contributed by atoms with van der Waals surface area (Å²) < 4.78 is 0. The van der Waals surface area contributed by atoms with Gasteiger partial charge in [0.1, 0.15) is 11.8 Å². The number of hydrogen-bond acceptors (Lipinski definition) is 8. The van der Waals surface area contributed by atoms with E-state index in [9.17, 15) is 24.6 Å². The second-order valence-corrected chi connectivity index (χ2v) is 8.75. The predicted octanol–water partition coefficient (Wildman–Crippen LogP) is 2.52. The summed E-state index contributed by atoms with van der Waals surface area (Å²) in [4.78, 5) is 45.7. The fraction of sp³-hybridized carbons (Fsp3) is 0.292. The first kappa shape index (κ1) is 25.6. The minimum absolute atomic E-state index is 0.181. The number of phenolic OH excluding ortho intramolecular Hbond substituents is 1. The van der Waals surface area contributed by atoms with Crippen molar-refractivity contribution < 1.29 is 24.6 Å². The van der Waals surface area contributed by atoms with Crippen molar-refractivity contribution in [2.75, 3.05) is 18.4 Å². The third-order valence-corrected chi connectivity index (χ3v) is 6.08. The Balaban J connectivity index is 1.57. The molecule has 0 aliphatic carbocycles. The number of aliphatic carboxylic acids is 1. The molecule has 0 aliphatic rings. The molecule has 10 nitrogen and oxygen atoms in total. The highest BCUT2D eigenvalue weighted by atomic mass is 32.1. The van der Waals surface area contributed by atoms with Crippen LogP contribution in [0.2, 0.25) is 0 Å². The molecule has 0 saturated heterocycles. The third kappa shape index (κ3) is 7.00. The summed E-state index contributed by atoms with van der Waals surface area (Å²) in [5.41, 5.74) is 1.82. The number of carboxylic acid groups (broad SMARTS) is 1. The molecule has 184 valence electrons. The van der Waals surface area contributed by atoms with Gasteiger partial charge in [0.25, 0.3) is 11.8 Å². The molecule has 0 radical (unpaired) electrons. The Kier molecular flexibility index (Phi) is 8.74. The van der Waals surface area contributed by atoms with Crippen molar-refractivity contribution in [3.63, 3.8) is 0 Å². The molecular formula is C24H27N5O5S. The molecule has 0 unspecified atom stereocenters. The van der Waals surface area contributed by atoms with Crippen molar-refractivity contribution in [3.8, 4) is 5.75 Å². The molecule has 1 aromatic carbocycles. The Morgan fingerprint density at radius 1 is 1.03 bits per heavy atom. The van der Waals surface area contributed by atoms with Gasteiger partial charge in [-0.3, -0.25) is 9.59 Å². The molecule has 0 saturated carbocycles. The molecule has 0 bridgehead atoms. The molecule has 3 rings (SSSR count). The van der Waals surface area contributed by atoms with Gasteiger partial charge >= 0.3 is 5.97 Å². The number of aromatic nitrogens is 2. The first-order chi connectivity index (χ1) is 16.8. The molecule has 35 heavy (non-hydrogen) atoms. The highest BCUT2D eigenvalue weighted by Gasteiger charge is 2.24. The van der Waals surface area contributed by atoms with E-state index in [1.807, 2.05) is 12.1 Å². The van der Waals surface area contributed by atoms with E-state index in [2.05, 4.69) is 25.9 Å². The number of rotatable bonds is 11. The monoisotopic (exact) mass is 497 g/mol. The van der Waals surface area contributed by atoms with Crippen LogP contribution in [0.5, 0.6) is 5.75 Å². The number of nitrogens with one attached hydrogen (secondary N) is 3. The number of benzene rings is 1. The fourth-order valence-corrected chi connectivity index (χ4v) is 4.09. The Morgan fingerprint density at radius 3 is 2.37 bits per heavy atom. The third-order valence-electron chi connectivity index (χ3n) is 5.21. The molecule has 2 heterocycles. The van der Waals surface area contributed by atoms with Crippen molar-refractivity contribution in [3.05, 3.63) is 69.2 Å². The summed E-state index contributed by atoms with van der Waals surface area (Å²) in [6.07, 6.45) is 1.41. The topological polar surface area (TPSA) is 154 Å². The van der Waals surface area contributed by atoms with Gasteiger partial charge in [-0.1, -0.05) is 24.3 Å². The standard InChI is InChI=1S/C24H27N5O5S/c1-14-20(22(32)29-17(23(33)34)13-26-21(31)19-10-6-12-35-19)15(2)28-24(27-14)25-11-5-8-16-7-3-4-9-18(16)30/h3-4,6-7,9-10,12,17,30H,5,8,11,13H2,1-2H3,(H,26,31)(H,29,32)(H,33,34)(H,25,27,28)/t17-/m0/s1. The van der Waals surface area contributed by atoms with Crippen LogP contribution in [0.3, 0.4) is 0 Å². The summed E-state index contributed by atoms with van der Waals surface area (Å²) in [5, 5.41) is 29.1. The molecule has 2 aromatic heterocycles. The lowest BCUT2D eigenvalue weighted by molar-refractivity contribution is -0.139. The van der Waals surface area contributed by atoms with Crippen molar-refractivity contribution in [1.29, 1.82) is 0 Å². The van der Waals surface area contributed by atoms with E-state index >= 15 is 0 Å². The lowest BCUT2D eigenvalue weighted by atomic mass is 10.1. The molecule has 5 N–H and O–H groups in total. The number of phenols is 1. The maximum Gasteiger partial charge on any atom is 0.328 e. The highest BCUT2D eigenvalue weighted by molar-refractivity contribution is 7.12. The number of carbonyl (C=O) groups is 3. The maximum atomic E-state index is 12.8. The Bertz CT molecular complexity index is 1180. The smallest absolute Gasteiger partial charge is 0.328 e. The van der Waals surface area contributed by atoms with Crippen LogP contribution < -0.4 is 16.0 Å². The van der Waals surface area contributed by atoms with Gasteiger partial charge in [0, 0.05) is 13.1 Å². The number of nitrogens with zero attached hydrogens (tertiary/aromatic N) is 2. The van der Waals surface area contributed by atoms with Crippen LogP contribution in [0.4, 0.5) is 5.95 Å². The number of para-hydroxylation sites is 1. The first-order valence-corrected chi connectivity index (χ1v) is 11.9. The van der Waals surface area contributed by atoms with Crippen LogP contribution in [0, 0.1) is 13.8 Å². The summed E-state index contributed by atoms with van der Waals surface area (Å²) in [6, 6.07) is 9.18. The van der Waals surface area contributed by atoms with E-state index in [0.29, 0.717) is 35.2 Å². The number of aryl methyl sites for hydroxylation is 3. The zero-order valence-electron chi connectivity index (χ0n) is 19.4. The number of amides is 2. The first-order valence-electron chi connectivity index (χ1n) is 11.0. The Morgan fingerprint density at radius 2 is 1.74 bits per heavy atom. The fourth-order valence-electron chi connectivity index (χ4n) is 3.45. The zero-order chi connectivity index (χ0) is 25.4. The number of carbonyl (C=O) groups excluding carboxylic acids is 2. The summed E-state index contributed by atoms with van der Waals surface area (Å²) >= 11 is 1.23. The van der Waals surface area contributed by atoms with Crippen molar-refractivity contribution in [2.24, 2.45) is 0 Å². The average Bonchev–Trinajstić information content (AvgIpc) is 3.35. The van der Waals surface area contributed by atoms with Crippen molar-refractivity contribution in [1.82, 2.24) is 20.6 Å². The van der Waals surface area contributed by atoms with Gasteiger partial charge in [-0.25, -0.2) is 14.8 Å². The molecule has 2 amide bonds. The second-order valence-electron chi connectivity index (χ2n) is 7.80. The molecule has 3 aromatic rings. The quantitative estimate of drug-likeness (QED) is 0.253. The van der Waals surface area contributed by atoms with Gasteiger partial charge in [-0.15, -0.1) is 11.3 Å². The van der Waals surface area contributed by atoms with E-state index in [-0.39, 0.29) is 17.9 Å². The minimum atomic E-state index is -1.32. The van der Waals surface area contributed by atoms with Gasteiger partial charge in [0.05, 0.1) is 21.8 Å². The van der Waals surface area contributed by atoms with Gasteiger partial charge < -0.3 is 26.2 Å². The van der Waals surface area contributed by atoms with Crippen LogP contribution in [-0.2, 0) is 11.2 Å². The lowest BCUT2D eigenvalue weighted by Crippen LogP contribution is -2.48. The normalized spacial score (nSPS) is 11.5. The highest BCUT2D eigenvalue weighted by Crippen LogP contribution is 2.18. The molecule has 1 atom stereocenters. The van der Waals surface area contributed by atoms with E-state index in [1.54, 1.807) is 43.5 Å². The molecule has 0 spiro atoms. The largest absolute Gasteiger partial charge is 0.508 e. The average molecular weight is 498 g/mol. The predicted molar refractivity (Wildman–Crippen MR) is 132 cm³/mol. The van der Waals surface area contributed by atoms with Gasteiger partial charge in [-0.2, -0.15) is 0 Å². The number of aromatic hydroxyl groups is 1. The van der Waals surface area contributed by atoms with Crippen molar-refractivity contribution >= 4 is 35.1 Å². The molecule has 0 fully saturated rings. The molecular weight excluding hydrogens is 470 g/mol. The van der Waals surface area contributed by atoms with Crippen LogP contribution in [0.15, 0.2) is 41.8 Å². The van der Waals surface area contributed by atoms with Crippen molar-refractivity contribution in [2.45, 2.75) is 32.7 Å². The van der Waals surface area contributed by atoms with Gasteiger partial charge in [0.15, 0.2) is 0 Å². The van der Waals surface area contributed by atoms with E-state index < -0.39 is 23.8 Å². The zero-order valence-corrected chi connectivity index (χ0v) is 20.2. The summed E-state index contributed by atoms with van der Waals surface area (Å²) in [6.45, 7) is 3.58. The van der Waals surface area contributed by atoms with E-state index in [0.717, 1.165) is 12.0 Å². The Labute approximate surface area is 206 Å². The number of thiophene rings is 1. The number of carboxylic acids is 1. The minimum Gasteiger partial charge on any atom is -0.508 e.